The van der Waals surface area contributed by atoms with E-state index in [1.807, 2.05) is 13.8 Å². The highest BCUT2D eigenvalue weighted by molar-refractivity contribution is 5.91. The van der Waals surface area contributed by atoms with Crippen LogP contribution in [0.5, 0.6) is 0 Å². The zero-order chi connectivity index (χ0) is 17.7. The minimum atomic E-state index is -0.619. The Balaban J connectivity index is 2.06. The standard InChI is InChI=1S/C18H23NO5/c1-3-4-6-15(20)18(2)12-5-7-16(18)24-17(21)13-8-10-14(11-9-13)19(22)23/h8-11,16H,3-7,12H2,1-2H3. The van der Waals surface area contributed by atoms with Gasteiger partial charge in [-0.15, -0.1) is 0 Å². The molecule has 24 heavy (non-hydrogen) atoms. The highest BCUT2D eigenvalue weighted by Crippen LogP contribution is 2.42. The molecule has 0 saturated heterocycles. The Morgan fingerprint density at radius 3 is 2.58 bits per heavy atom. The Hall–Kier alpha value is -2.24. The van der Waals surface area contributed by atoms with Crippen molar-refractivity contribution in [2.24, 2.45) is 5.41 Å². The van der Waals surface area contributed by atoms with Gasteiger partial charge in [0, 0.05) is 18.6 Å². The van der Waals surface area contributed by atoms with E-state index in [1.165, 1.54) is 24.3 Å². The van der Waals surface area contributed by atoms with Crippen LogP contribution in [0.25, 0.3) is 0 Å². The van der Waals surface area contributed by atoms with E-state index < -0.39 is 22.4 Å². The number of rotatable bonds is 7. The maximum atomic E-state index is 12.5. The fourth-order valence-electron chi connectivity index (χ4n) is 3.18. The minimum Gasteiger partial charge on any atom is -0.458 e. The molecule has 1 aromatic rings. The molecule has 130 valence electrons. The SMILES string of the molecule is CCCCC(=O)C1(C)CCCC1OC(=O)c1ccc([N+](=O)[O-])cc1. The van der Waals surface area contributed by atoms with Crippen LogP contribution in [0.3, 0.4) is 0 Å². The van der Waals surface area contributed by atoms with Crippen LogP contribution in [0, 0.1) is 15.5 Å². The number of ether oxygens (including phenoxy) is 1. The van der Waals surface area contributed by atoms with Crippen LogP contribution >= 0.6 is 0 Å². The number of Topliss-reactive ketones (excluding diaryl/α,β-unsaturated/α-hetero) is 1. The van der Waals surface area contributed by atoms with Crippen LogP contribution in [0.15, 0.2) is 24.3 Å². The maximum Gasteiger partial charge on any atom is 0.338 e. The number of non-ortho nitro benzene ring substituents is 1. The number of ketones is 1. The van der Waals surface area contributed by atoms with Crippen LogP contribution in [0.1, 0.15) is 62.7 Å². The first-order valence-electron chi connectivity index (χ1n) is 8.37. The number of hydrogen-bond acceptors (Lipinski definition) is 5. The summed E-state index contributed by atoms with van der Waals surface area (Å²) in [7, 11) is 0. The van der Waals surface area contributed by atoms with Crippen molar-refractivity contribution in [1.82, 2.24) is 0 Å². The zero-order valence-corrected chi connectivity index (χ0v) is 14.1. The molecule has 2 rings (SSSR count). The third-order valence-electron chi connectivity index (χ3n) is 4.83. The lowest BCUT2D eigenvalue weighted by molar-refractivity contribution is -0.384. The second kappa shape index (κ2) is 7.55. The largest absolute Gasteiger partial charge is 0.458 e. The van der Waals surface area contributed by atoms with E-state index in [1.54, 1.807) is 0 Å². The van der Waals surface area contributed by atoms with E-state index in [9.17, 15) is 19.7 Å². The number of unbranched alkanes of at least 4 members (excludes halogenated alkanes) is 1. The molecule has 0 radical (unpaired) electrons. The van der Waals surface area contributed by atoms with Crippen LogP contribution in [0.4, 0.5) is 5.69 Å². The van der Waals surface area contributed by atoms with Crippen molar-refractivity contribution in [2.45, 2.75) is 58.5 Å². The molecule has 0 aromatic heterocycles. The number of esters is 1. The van der Waals surface area contributed by atoms with Crippen molar-refractivity contribution in [3.05, 3.63) is 39.9 Å². The van der Waals surface area contributed by atoms with Crippen molar-refractivity contribution in [1.29, 1.82) is 0 Å². The van der Waals surface area contributed by atoms with E-state index >= 15 is 0 Å². The first kappa shape index (κ1) is 18.1. The van der Waals surface area contributed by atoms with Crippen molar-refractivity contribution in [3.8, 4) is 0 Å². The normalized spacial score (nSPS) is 23.0. The summed E-state index contributed by atoms with van der Waals surface area (Å²) in [5.74, 6) is -0.380. The molecule has 1 aliphatic rings. The summed E-state index contributed by atoms with van der Waals surface area (Å²) in [6, 6.07) is 5.31. The molecular weight excluding hydrogens is 310 g/mol. The van der Waals surface area contributed by atoms with Gasteiger partial charge in [0.1, 0.15) is 11.9 Å². The molecule has 1 aromatic carbocycles. The molecule has 6 heteroatoms. The molecule has 0 N–H and O–H groups in total. The van der Waals surface area contributed by atoms with Gasteiger partial charge in [0.05, 0.1) is 15.9 Å². The number of hydrogen-bond donors (Lipinski definition) is 0. The molecule has 6 nitrogen and oxygen atoms in total. The first-order chi connectivity index (χ1) is 11.4. The fraction of sp³-hybridized carbons (Fsp3) is 0.556. The van der Waals surface area contributed by atoms with Crippen LogP contribution in [-0.2, 0) is 9.53 Å². The number of nitro groups is 1. The van der Waals surface area contributed by atoms with E-state index in [0.29, 0.717) is 12.8 Å². The van der Waals surface area contributed by atoms with Gasteiger partial charge in [-0.25, -0.2) is 4.79 Å². The van der Waals surface area contributed by atoms with Gasteiger partial charge in [0.2, 0.25) is 0 Å². The molecular formula is C18H23NO5. The Labute approximate surface area is 141 Å². The second-order valence-electron chi connectivity index (χ2n) is 6.53. The molecule has 1 aliphatic carbocycles. The number of benzene rings is 1. The van der Waals surface area contributed by atoms with Crippen molar-refractivity contribution >= 4 is 17.4 Å². The molecule has 1 fully saturated rings. The fourth-order valence-corrected chi connectivity index (χ4v) is 3.18. The lowest BCUT2D eigenvalue weighted by Gasteiger charge is -2.29. The maximum absolute atomic E-state index is 12.5. The van der Waals surface area contributed by atoms with Crippen molar-refractivity contribution < 1.29 is 19.2 Å². The highest BCUT2D eigenvalue weighted by atomic mass is 16.6. The number of nitro benzene ring substituents is 1. The molecule has 0 amide bonds. The predicted octanol–water partition coefficient (Wildman–Crippen LogP) is 4.07. The topological polar surface area (TPSA) is 86.5 Å². The summed E-state index contributed by atoms with van der Waals surface area (Å²) in [5, 5.41) is 10.7. The van der Waals surface area contributed by atoms with Crippen LogP contribution < -0.4 is 0 Å². The van der Waals surface area contributed by atoms with Gasteiger partial charge < -0.3 is 4.74 Å². The average Bonchev–Trinajstić information content (AvgIpc) is 2.94. The summed E-state index contributed by atoms with van der Waals surface area (Å²) in [5.41, 5.74) is -0.436. The van der Waals surface area contributed by atoms with Crippen molar-refractivity contribution in [2.75, 3.05) is 0 Å². The van der Waals surface area contributed by atoms with Gasteiger partial charge in [-0.2, -0.15) is 0 Å². The highest BCUT2D eigenvalue weighted by Gasteiger charge is 2.46. The summed E-state index contributed by atoms with van der Waals surface area (Å²) in [6.07, 6.45) is 4.14. The molecule has 2 unspecified atom stereocenters. The third kappa shape index (κ3) is 3.80. The number of carbonyl (C=O) groups is 2. The molecule has 0 bridgehead atoms. The molecule has 0 heterocycles. The molecule has 2 atom stereocenters. The van der Waals surface area contributed by atoms with Crippen molar-refractivity contribution in [3.63, 3.8) is 0 Å². The van der Waals surface area contributed by atoms with E-state index in [0.717, 1.165) is 25.7 Å². The van der Waals surface area contributed by atoms with Gasteiger partial charge in [0.25, 0.3) is 5.69 Å². The van der Waals surface area contributed by atoms with Gasteiger partial charge in [-0.05, 0) is 44.7 Å². The van der Waals surface area contributed by atoms with E-state index in [2.05, 4.69) is 0 Å². The Morgan fingerprint density at radius 2 is 2.00 bits per heavy atom. The second-order valence-corrected chi connectivity index (χ2v) is 6.53. The lowest BCUT2D eigenvalue weighted by Crippen LogP contribution is -2.38. The average molecular weight is 333 g/mol. The molecule has 0 spiro atoms. The number of carbonyl (C=O) groups excluding carboxylic acids is 2. The summed E-state index contributed by atoms with van der Waals surface area (Å²) >= 11 is 0. The quantitative estimate of drug-likeness (QED) is 0.426. The van der Waals surface area contributed by atoms with Gasteiger partial charge in [-0.1, -0.05) is 13.3 Å². The Bertz CT molecular complexity index is 625. The van der Waals surface area contributed by atoms with Gasteiger partial charge >= 0.3 is 5.97 Å². The Morgan fingerprint density at radius 1 is 1.33 bits per heavy atom. The predicted molar refractivity (Wildman–Crippen MR) is 88.8 cm³/mol. The minimum absolute atomic E-state index is 0.0769. The number of nitrogens with zero attached hydrogens (tertiary/aromatic N) is 1. The monoisotopic (exact) mass is 333 g/mol. The third-order valence-corrected chi connectivity index (χ3v) is 4.83. The molecule has 0 aliphatic heterocycles. The van der Waals surface area contributed by atoms with E-state index in [4.69, 9.17) is 4.74 Å². The zero-order valence-electron chi connectivity index (χ0n) is 14.1. The summed E-state index contributed by atoms with van der Waals surface area (Å²) in [6.45, 7) is 3.92. The smallest absolute Gasteiger partial charge is 0.338 e. The summed E-state index contributed by atoms with van der Waals surface area (Å²) in [4.78, 5) is 35.0. The van der Waals surface area contributed by atoms with E-state index in [-0.39, 0.29) is 17.0 Å². The van der Waals surface area contributed by atoms with Crippen LogP contribution in [0.2, 0.25) is 0 Å². The molecule has 1 saturated carbocycles. The first-order valence-corrected chi connectivity index (χ1v) is 8.37. The lowest BCUT2D eigenvalue weighted by atomic mass is 9.80. The van der Waals surface area contributed by atoms with Gasteiger partial charge in [0.15, 0.2) is 0 Å². The summed E-state index contributed by atoms with van der Waals surface area (Å²) < 4.78 is 5.58. The Kier molecular flexibility index (Phi) is 5.70. The van der Waals surface area contributed by atoms with Crippen LogP contribution in [-0.4, -0.2) is 22.8 Å². The van der Waals surface area contributed by atoms with Gasteiger partial charge in [-0.3, -0.25) is 14.9 Å².